The Bertz CT molecular complexity index is 501. The van der Waals surface area contributed by atoms with E-state index in [2.05, 4.69) is 5.32 Å². The summed E-state index contributed by atoms with van der Waals surface area (Å²) in [5, 5.41) is 11.7. The van der Waals surface area contributed by atoms with Gasteiger partial charge in [0, 0.05) is 13.1 Å². The molecule has 7 heteroatoms. The highest BCUT2D eigenvalue weighted by molar-refractivity contribution is 7.98. The SMILES string of the molecule is CSCCC(C)N(C)C(=O)NCc1cc(C(=O)O)c(C)o1. The summed E-state index contributed by atoms with van der Waals surface area (Å²) in [5.74, 6) is 0.742. The molecule has 2 amide bonds. The van der Waals surface area contributed by atoms with Crippen LogP contribution in [0.2, 0.25) is 0 Å². The summed E-state index contributed by atoms with van der Waals surface area (Å²) in [4.78, 5) is 24.6. The first-order valence-corrected chi connectivity index (χ1v) is 8.08. The van der Waals surface area contributed by atoms with Gasteiger partial charge in [-0.25, -0.2) is 9.59 Å². The molecule has 6 nitrogen and oxygen atoms in total. The van der Waals surface area contributed by atoms with Gasteiger partial charge in [0.2, 0.25) is 0 Å². The summed E-state index contributed by atoms with van der Waals surface area (Å²) in [6.07, 6.45) is 2.96. The largest absolute Gasteiger partial charge is 0.478 e. The lowest BCUT2D eigenvalue weighted by Gasteiger charge is -2.24. The minimum atomic E-state index is -1.03. The summed E-state index contributed by atoms with van der Waals surface area (Å²) < 4.78 is 5.31. The number of carboxylic acids is 1. The van der Waals surface area contributed by atoms with Crippen LogP contribution in [-0.2, 0) is 6.54 Å². The van der Waals surface area contributed by atoms with Gasteiger partial charge in [-0.05, 0) is 38.3 Å². The van der Waals surface area contributed by atoms with Crippen molar-refractivity contribution in [2.45, 2.75) is 32.9 Å². The van der Waals surface area contributed by atoms with Crippen LogP contribution in [0.3, 0.4) is 0 Å². The van der Waals surface area contributed by atoms with E-state index >= 15 is 0 Å². The summed E-state index contributed by atoms with van der Waals surface area (Å²) in [6.45, 7) is 3.76. The van der Waals surface area contributed by atoms with Crippen LogP contribution < -0.4 is 5.32 Å². The Balaban J connectivity index is 2.52. The predicted octanol–water partition coefficient (Wildman–Crippen LogP) is 2.57. The third-order valence-electron chi connectivity index (χ3n) is 3.33. The summed E-state index contributed by atoms with van der Waals surface area (Å²) in [6, 6.07) is 1.38. The maximum atomic E-state index is 12.0. The number of nitrogens with zero attached hydrogens (tertiary/aromatic N) is 1. The Labute approximate surface area is 128 Å². The molecule has 1 atom stereocenters. The zero-order valence-corrected chi connectivity index (χ0v) is 13.6. The van der Waals surface area contributed by atoms with E-state index in [4.69, 9.17) is 9.52 Å². The van der Waals surface area contributed by atoms with Crippen molar-refractivity contribution in [1.82, 2.24) is 10.2 Å². The lowest BCUT2D eigenvalue weighted by atomic mass is 10.2. The molecule has 21 heavy (non-hydrogen) atoms. The Kier molecular flexibility index (Phi) is 6.61. The molecule has 0 aliphatic rings. The minimum absolute atomic E-state index is 0.126. The molecule has 2 N–H and O–H groups in total. The number of hydrogen-bond donors (Lipinski definition) is 2. The molecule has 1 aromatic rings. The van der Waals surface area contributed by atoms with Crippen molar-refractivity contribution in [3.05, 3.63) is 23.2 Å². The number of nitrogens with one attached hydrogen (secondary N) is 1. The normalized spacial score (nSPS) is 12.0. The number of hydrogen-bond acceptors (Lipinski definition) is 4. The van der Waals surface area contributed by atoms with Crippen molar-refractivity contribution in [2.75, 3.05) is 19.1 Å². The second-order valence-corrected chi connectivity index (χ2v) is 5.87. The molecule has 0 aliphatic carbocycles. The van der Waals surface area contributed by atoms with E-state index in [1.807, 2.05) is 13.2 Å². The van der Waals surface area contributed by atoms with Crippen molar-refractivity contribution in [1.29, 1.82) is 0 Å². The number of rotatable bonds is 7. The fraction of sp³-hybridized carbons (Fsp3) is 0.571. The van der Waals surface area contributed by atoms with Gasteiger partial charge in [0.05, 0.1) is 6.54 Å². The third kappa shape index (κ3) is 5.00. The molecule has 0 saturated heterocycles. The van der Waals surface area contributed by atoms with Crippen LogP contribution in [0.4, 0.5) is 4.79 Å². The highest BCUT2D eigenvalue weighted by Gasteiger charge is 2.17. The van der Waals surface area contributed by atoms with E-state index in [0.29, 0.717) is 11.5 Å². The Hall–Kier alpha value is -1.63. The molecular formula is C14H22N2O4S. The molecule has 118 valence electrons. The van der Waals surface area contributed by atoms with Crippen LogP contribution in [0.5, 0.6) is 0 Å². The first kappa shape index (κ1) is 17.4. The van der Waals surface area contributed by atoms with Crippen LogP contribution in [-0.4, -0.2) is 47.1 Å². The van der Waals surface area contributed by atoms with E-state index < -0.39 is 5.97 Å². The molecule has 0 bridgehead atoms. The highest BCUT2D eigenvalue weighted by atomic mass is 32.2. The summed E-state index contributed by atoms with van der Waals surface area (Å²) in [7, 11) is 1.75. The number of carbonyl (C=O) groups is 2. The molecule has 0 fully saturated rings. The lowest BCUT2D eigenvalue weighted by molar-refractivity contribution is 0.0695. The van der Waals surface area contributed by atoms with E-state index in [1.54, 1.807) is 30.6 Å². The quantitative estimate of drug-likeness (QED) is 0.808. The Morgan fingerprint density at radius 2 is 2.19 bits per heavy atom. The van der Waals surface area contributed by atoms with Gasteiger partial charge in [-0.15, -0.1) is 0 Å². The van der Waals surface area contributed by atoms with Crippen LogP contribution in [0.15, 0.2) is 10.5 Å². The van der Waals surface area contributed by atoms with E-state index in [1.165, 1.54) is 6.07 Å². The number of amides is 2. The van der Waals surface area contributed by atoms with Crippen LogP contribution >= 0.6 is 11.8 Å². The monoisotopic (exact) mass is 314 g/mol. The van der Waals surface area contributed by atoms with Gasteiger partial charge in [0.15, 0.2) is 0 Å². The second-order valence-electron chi connectivity index (χ2n) is 4.89. The van der Waals surface area contributed by atoms with E-state index in [-0.39, 0.29) is 24.2 Å². The zero-order valence-electron chi connectivity index (χ0n) is 12.8. The number of carboxylic acid groups (broad SMARTS) is 1. The number of urea groups is 1. The van der Waals surface area contributed by atoms with Gasteiger partial charge in [0.25, 0.3) is 0 Å². The molecule has 1 aromatic heterocycles. The van der Waals surface area contributed by atoms with Gasteiger partial charge in [-0.3, -0.25) is 0 Å². The number of aromatic carboxylic acids is 1. The van der Waals surface area contributed by atoms with Crippen molar-refractivity contribution in [3.63, 3.8) is 0 Å². The van der Waals surface area contributed by atoms with E-state index in [9.17, 15) is 9.59 Å². The number of aryl methyl sites for hydroxylation is 1. The summed E-state index contributed by atoms with van der Waals surface area (Å²) >= 11 is 1.75. The van der Waals surface area contributed by atoms with Crippen molar-refractivity contribution >= 4 is 23.8 Å². The molecule has 1 unspecified atom stereocenters. The molecule has 1 heterocycles. The summed E-state index contributed by atoms with van der Waals surface area (Å²) in [5.41, 5.74) is 0.126. The average Bonchev–Trinajstić information content (AvgIpc) is 2.82. The van der Waals surface area contributed by atoms with Gasteiger partial charge in [-0.2, -0.15) is 11.8 Å². The third-order valence-corrected chi connectivity index (χ3v) is 3.98. The molecule has 0 aliphatic heterocycles. The van der Waals surface area contributed by atoms with Gasteiger partial charge < -0.3 is 19.7 Å². The first-order chi connectivity index (χ1) is 9.86. The van der Waals surface area contributed by atoms with Gasteiger partial charge >= 0.3 is 12.0 Å². The number of thioether (sulfide) groups is 1. The minimum Gasteiger partial charge on any atom is -0.478 e. The van der Waals surface area contributed by atoms with Crippen molar-refractivity contribution in [3.8, 4) is 0 Å². The van der Waals surface area contributed by atoms with Crippen LogP contribution in [0.25, 0.3) is 0 Å². The smallest absolute Gasteiger partial charge is 0.339 e. The first-order valence-electron chi connectivity index (χ1n) is 6.69. The maximum absolute atomic E-state index is 12.0. The molecule has 0 spiro atoms. The molecule has 0 radical (unpaired) electrons. The predicted molar refractivity (Wildman–Crippen MR) is 82.9 cm³/mol. The second kappa shape index (κ2) is 7.97. The van der Waals surface area contributed by atoms with Gasteiger partial charge in [-0.1, -0.05) is 0 Å². The van der Waals surface area contributed by atoms with E-state index in [0.717, 1.165) is 12.2 Å². The topological polar surface area (TPSA) is 82.8 Å². The molecule has 0 aromatic carbocycles. The number of furan rings is 1. The van der Waals surface area contributed by atoms with Crippen LogP contribution in [0.1, 0.15) is 35.2 Å². The average molecular weight is 314 g/mol. The maximum Gasteiger partial charge on any atom is 0.339 e. The van der Waals surface area contributed by atoms with Crippen molar-refractivity contribution < 1.29 is 19.1 Å². The molecule has 1 rings (SSSR count). The molecular weight excluding hydrogens is 292 g/mol. The number of carbonyl (C=O) groups excluding carboxylic acids is 1. The standard InChI is InChI=1S/C14H22N2O4S/c1-9(5-6-21-4)16(3)14(19)15-8-11-7-12(13(17)18)10(2)20-11/h7,9H,5-6,8H2,1-4H3,(H,15,19)(H,17,18). The van der Waals surface area contributed by atoms with Crippen molar-refractivity contribution in [2.24, 2.45) is 0 Å². The highest BCUT2D eigenvalue weighted by Crippen LogP contribution is 2.14. The molecule has 0 saturated carbocycles. The van der Waals surface area contributed by atoms with Crippen LogP contribution in [0, 0.1) is 6.92 Å². The lowest BCUT2D eigenvalue weighted by Crippen LogP contribution is -2.42. The Morgan fingerprint density at radius 1 is 1.52 bits per heavy atom. The fourth-order valence-corrected chi connectivity index (χ4v) is 2.39. The fourth-order valence-electron chi connectivity index (χ4n) is 1.81. The van der Waals surface area contributed by atoms with Gasteiger partial charge in [0.1, 0.15) is 17.1 Å². The Morgan fingerprint density at radius 3 is 2.71 bits per heavy atom. The zero-order chi connectivity index (χ0) is 16.0.